The number of hydrogen-bond acceptors (Lipinski definition) is 8. The van der Waals surface area contributed by atoms with Gasteiger partial charge in [0.2, 0.25) is 5.95 Å². The number of aromatic amines is 1. The molecular formula is C22H19N5O5. The molecule has 0 bridgehead atoms. The molecule has 5 aromatic rings. The molecule has 2 atom stereocenters. The molecule has 0 spiro atoms. The number of rotatable bonds is 4. The summed E-state index contributed by atoms with van der Waals surface area (Å²) in [5, 5.41) is 24.0. The number of anilines is 1. The van der Waals surface area contributed by atoms with Crippen molar-refractivity contribution in [3.8, 4) is 0 Å². The Hall–Kier alpha value is -4.02. The number of hydrogen-bond donors (Lipinski definition) is 4. The summed E-state index contributed by atoms with van der Waals surface area (Å²) in [7, 11) is 0. The van der Waals surface area contributed by atoms with Gasteiger partial charge in [-0.3, -0.25) is 14.6 Å². The normalized spacial score (nSPS) is 14.7. The summed E-state index contributed by atoms with van der Waals surface area (Å²) in [5.74, 6) is -0.176. The minimum absolute atomic E-state index is 0.0783. The lowest BCUT2D eigenvalue weighted by Gasteiger charge is -2.28. The number of nitrogens with zero attached hydrogens (tertiary/aromatic N) is 3. The second-order valence-electron chi connectivity index (χ2n) is 7.82. The SMILES string of the molecule is C[C@](O)(c1cc(=O)c2ccc3ccccc3c2o1)[C@H](O)Cn1cnc2nc(N)[nH]c(=O)c21. The lowest BCUT2D eigenvalue weighted by Crippen LogP contribution is -2.40. The molecule has 10 nitrogen and oxygen atoms in total. The molecule has 0 unspecified atom stereocenters. The summed E-state index contributed by atoms with van der Waals surface area (Å²) < 4.78 is 7.31. The number of nitrogens with two attached hydrogens (primary N) is 1. The number of aliphatic hydroxyl groups excluding tert-OH is 1. The number of imidazole rings is 1. The number of aliphatic hydroxyl groups is 2. The summed E-state index contributed by atoms with van der Waals surface area (Å²) in [6.45, 7) is 1.13. The van der Waals surface area contributed by atoms with E-state index in [1.54, 1.807) is 6.07 Å². The minimum atomic E-state index is -1.95. The number of fused-ring (bicyclic) bond motifs is 4. The van der Waals surface area contributed by atoms with Crippen molar-refractivity contribution >= 4 is 38.9 Å². The van der Waals surface area contributed by atoms with Gasteiger partial charge >= 0.3 is 0 Å². The highest BCUT2D eigenvalue weighted by Crippen LogP contribution is 2.30. The molecule has 0 aliphatic carbocycles. The summed E-state index contributed by atoms with van der Waals surface area (Å²) in [6, 6.07) is 12.1. The third-order valence-corrected chi connectivity index (χ3v) is 5.64. The number of benzene rings is 2. The molecular weight excluding hydrogens is 414 g/mol. The zero-order chi connectivity index (χ0) is 22.6. The van der Waals surface area contributed by atoms with Crippen LogP contribution in [0.3, 0.4) is 0 Å². The van der Waals surface area contributed by atoms with E-state index in [4.69, 9.17) is 10.2 Å². The number of aromatic nitrogens is 4. The molecule has 5 N–H and O–H groups in total. The molecule has 0 saturated heterocycles. The predicted octanol–water partition coefficient (Wildman–Crippen LogP) is 1.23. The van der Waals surface area contributed by atoms with Gasteiger partial charge < -0.3 is 24.9 Å². The van der Waals surface area contributed by atoms with Crippen molar-refractivity contribution in [1.82, 2.24) is 19.5 Å². The first-order chi connectivity index (χ1) is 15.3. The Morgan fingerprint density at radius 2 is 2.00 bits per heavy atom. The Morgan fingerprint density at radius 1 is 1.22 bits per heavy atom. The van der Waals surface area contributed by atoms with E-state index in [0.29, 0.717) is 16.4 Å². The van der Waals surface area contributed by atoms with Crippen LogP contribution in [-0.4, -0.2) is 35.8 Å². The van der Waals surface area contributed by atoms with E-state index in [0.717, 1.165) is 5.39 Å². The Morgan fingerprint density at radius 3 is 2.81 bits per heavy atom. The largest absolute Gasteiger partial charge is 0.457 e. The van der Waals surface area contributed by atoms with Crippen LogP contribution in [-0.2, 0) is 12.1 Å². The molecule has 2 aromatic carbocycles. The van der Waals surface area contributed by atoms with Crippen molar-refractivity contribution < 1.29 is 14.6 Å². The molecule has 3 aromatic heterocycles. The molecule has 162 valence electrons. The lowest BCUT2D eigenvalue weighted by molar-refractivity contribution is -0.0860. The zero-order valence-corrected chi connectivity index (χ0v) is 16.9. The molecule has 32 heavy (non-hydrogen) atoms. The maximum Gasteiger partial charge on any atom is 0.278 e. The molecule has 5 rings (SSSR count). The van der Waals surface area contributed by atoms with Crippen LogP contribution < -0.4 is 16.7 Å². The van der Waals surface area contributed by atoms with Gasteiger partial charge in [0.05, 0.1) is 18.3 Å². The Labute approximate surface area is 179 Å². The smallest absolute Gasteiger partial charge is 0.278 e. The van der Waals surface area contributed by atoms with Gasteiger partial charge in [-0.15, -0.1) is 0 Å². The van der Waals surface area contributed by atoms with E-state index >= 15 is 0 Å². The van der Waals surface area contributed by atoms with Crippen molar-refractivity contribution in [1.29, 1.82) is 0 Å². The van der Waals surface area contributed by atoms with Crippen LogP contribution in [0.2, 0.25) is 0 Å². The zero-order valence-electron chi connectivity index (χ0n) is 16.9. The minimum Gasteiger partial charge on any atom is -0.457 e. The average Bonchev–Trinajstić information content (AvgIpc) is 3.16. The third kappa shape index (κ3) is 3.04. The van der Waals surface area contributed by atoms with E-state index in [1.807, 2.05) is 30.3 Å². The highest BCUT2D eigenvalue weighted by Gasteiger charge is 2.36. The Bertz CT molecular complexity index is 1610. The molecule has 0 radical (unpaired) electrons. The van der Waals surface area contributed by atoms with Gasteiger partial charge in [0.15, 0.2) is 16.6 Å². The fraction of sp³-hybridized carbons (Fsp3) is 0.182. The van der Waals surface area contributed by atoms with Crippen LogP contribution in [0.1, 0.15) is 12.7 Å². The van der Waals surface area contributed by atoms with Gasteiger partial charge in [-0.1, -0.05) is 30.3 Å². The molecule has 0 aliphatic heterocycles. The lowest BCUT2D eigenvalue weighted by atomic mass is 9.94. The highest BCUT2D eigenvalue weighted by atomic mass is 16.4. The number of nitrogen functional groups attached to an aromatic ring is 1. The second kappa shape index (κ2) is 7.01. The van der Waals surface area contributed by atoms with Crippen molar-refractivity contribution in [2.75, 3.05) is 5.73 Å². The van der Waals surface area contributed by atoms with Gasteiger partial charge in [0.1, 0.15) is 23.0 Å². The first kappa shape index (κ1) is 19.9. The first-order valence-corrected chi connectivity index (χ1v) is 9.83. The fourth-order valence-corrected chi connectivity index (χ4v) is 3.80. The molecule has 10 heteroatoms. The van der Waals surface area contributed by atoms with Crippen LogP contribution in [0.5, 0.6) is 0 Å². The highest BCUT2D eigenvalue weighted by molar-refractivity contribution is 6.03. The average molecular weight is 433 g/mol. The quantitative estimate of drug-likeness (QED) is 0.308. The maximum absolute atomic E-state index is 12.7. The standard InChI is InChI=1S/C22H19N5O5/c1-22(31,15(29)9-27-10-24-19-17(27)20(30)26-21(23)25-19)16-8-14(28)13-7-6-11-4-2-3-5-12(11)18(13)32-16/h2-8,10,15,29,31H,9H2,1H3,(H3,23,25,26,30)/t15-,22-/m1/s1. The van der Waals surface area contributed by atoms with Crippen LogP contribution in [0.15, 0.2) is 62.8 Å². The summed E-state index contributed by atoms with van der Waals surface area (Å²) in [4.78, 5) is 35.3. The van der Waals surface area contributed by atoms with Crippen molar-refractivity contribution in [3.05, 3.63) is 75.1 Å². The van der Waals surface area contributed by atoms with Crippen LogP contribution in [0.4, 0.5) is 5.95 Å². The van der Waals surface area contributed by atoms with Gasteiger partial charge in [-0.2, -0.15) is 4.98 Å². The van der Waals surface area contributed by atoms with Gasteiger partial charge in [0.25, 0.3) is 5.56 Å². The topological polar surface area (TPSA) is 160 Å². The monoisotopic (exact) mass is 433 g/mol. The molecule has 0 fully saturated rings. The number of H-pyrrole nitrogens is 1. The fourth-order valence-electron chi connectivity index (χ4n) is 3.80. The van der Waals surface area contributed by atoms with E-state index in [-0.39, 0.29) is 34.8 Å². The number of nitrogens with one attached hydrogen (secondary N) is 1. The summed E-state index contributed by atoms with van der Waals surface area (Å²) >= 11 is 0. The van der Waals surface area contributed by atoms with E-state index < -0.39 is 17.3 Å². The van der Waals surface area contributed by atoms with Crippen molar-refractivity contribution in [2.45, 2.75) is 25.2 Å². The van der Waals surface area contributed by atoms with Crippen molar-refractivity contribution in [3.63, 3.8) is 0 Å². The summed E-state index contributed by atoms with van der Waals surface area (Å²) in [6.07, 6.45) is -0.136. The molecule has 0 amide bonds. The van der Waals surface area contributed by atoms with E-state index in [2.05, 4.69) is 15.0 Å². The maximum atomic E-state index is 12.7. The Balaban J connectivity index is 1.59. The van der Waals surface area contributed by atoms with E-state index in [1.165, 1.54) is 23.9 Å². The molecule has 3 heterocycles. The summed E-state index contributed by atoms with van der Waals surface area (Å²) in [5.41, 5.74) is 3.24. The predicted molar refractivity (Wildman–Crippen MR) is 118 cm³/mol. The molecule has 0 aliphatic rings. The molecule has 0 saturated carbocycles. The van der Waals surface area contributed by atoms with Crippen LogP contribution in [0, 0.1) is 0 Å². The van der Waals surface area contributed by atoms with Crippen LogP contribution >= 0.6 is 0 Å². The second-order valence-corrected chi connectivity index (χ2v) is 7.82. The van der Waals surface area contributed by atoms with Gasteiger partial charge in [-0.05, 0) is 18.4 Å². The van der Waals surface area contributed by atoms with E-state index in [9.17, 15) is 19.8 Å². The van der Waals surface area contributed by atoms with Crippen molar-refractivity contribution in [2.24, 2.45) is 0 Å². The van der Waals surface area contributed by atoms with Gasteiger partial charge in [0, 0.05) is 11.5 Å². The first-order valence-electron chi connectivity index (χ1n) is 9.83. The Kier molecular flexibility index (Phi) is 4.36. The van der Waals surface area contributed by atoms with Crippen LogP contribution in [0.25, 0.3) is 32.9 Å². The third-order valence-electron chi connectivity index (χ3n) is 5.64. The van der Waals surface area contributed by atoms with Gasteiger partial charge in [-0.25, -0.2) is 4.98 Å².